The third-order valence-corrected chi connectivity index (χ3v) is 9.28. The molecule has 0 unspecified atom stereocenters. The standard InChI is InChI=1S/C36H22BNO2S/c1-2-10-23(11-3-1)37-27-13-5-7-15-30(27)39-32-22-24(18-20-28(32)37)38-29-14-6-4-12-25(29)26-19-21-34-36(35(26)38)40-31-16-8-9-17-33(31)41-34/h1-22H. The third-order valence-electron chi connectivity index (χ3n) is 8.18. The number of fused-ring (bicyclic) bond motifs is 8. The van der Waals surface area contributed by atoms with E-state index in [1.807, 2.05) is 18.2 Å². The summed E-state index contributed by atoms with van der Waals surface area (Å²) in [5.41, 5.74) is 6.87. The molecular weight excluding hydrogens is 521 g/mol. The minimum absolute atomic E-state index is 0.104. The fraction of sp³-hybridized carbons (Fsp3) is 0. The summed E-state index contributed by atoms with van der Waals surface area (Å²) in [6.45, 7) is 0.104. The van der Waals surface area contributed by atoms with Gasteiger partial charge in [-0.1, -0.05) is 108 Å². The summed E-state index contributed by atoms with van der Waals surface area (Å²) in [5.74, 6) is 3.58. The first-order chi connectivity index (χ1) is 20.3. The predicted molar refractivity (Wildman–Crippen MR) is 169 cm³/mol. The molecule has 192 valence electrons. The SMILES string of the molecule is c1ccc(B2c3ccccc3Oc3cc(-n4c5ccccc5c5ccc6c(c54)Oc4ccccc4S6)ccc32)cc1. The predicted octanol–water partition coefficient (Wildman–Crippen LogP) is 7.66. The van der Waals surface area contributed by atoms with Crippen LogP contribution in [0.25, 0.3) is 27.5 Å². The Hall–Kier alpha value is -4.87. The molecule has 41 heavy (non-hydrogen) atoms. The molecule has 9 rings (SSSR count). The van der Waals surface area contributed by atoms with Gasteiger partial charge in [-0.3, -0.25) is 0 Å². The topological polar surface area (TPSA) is 23.4 Å². The quantitative estimate of drug-likeness (QED) is 0.209. The summed E-state index contributed by atoms with van der Waals surface area (Å²) < 4.78 is 15.6. The molecule has 5 heteroatoms. The van der Waals surface area contributed by atoms with Crippen LogP contribution in [0.3, 0.4) is 0 Å². The van der Waals surface area contributed by atoms with E-state index in [0.29, 0.717) is 0 Å². The molecule has 7 aromatic rings. The van der Waals surface area contributed by atoms with Gasteiger partial charge in [-0.05, 0) is 47.3 Å². The lowest BCUT2D eigenvalue weighted by molar-refractivity contribution is 0.458. The molecule has 6 aromatic carbocycles. The van der Waals surface area contributed by atoms with Crippen LogP contribution in [0.15, 0.2) is 143 Å². The number of ether oxygens (including phenoxy) is 2. The maximum Gasteiger partial charge on any atom is 0.250 e. The number of hydrogen-bond acceptors (Lipinski definition) is 3. The molecular formula is C36H22BNO2S. The Morgan fingerprint density at radius 2 is 1.29 bits per heavy atom. The molecule has 0 aliphatic carbocycles. The highest BCUT2D eigenvalue weighted by molar-refractivity contribution is 7.99. The van der Waals surface area contributed by atoms with E-state index in [1.165, 1.54) is 27.2 Å². The van der Waals surface area contributed by atoms with Gasteiger partial charge in [0.05, 0.1) is 20.8 Å². The summed E-state index contributed by atoms with van der Waals surface area (Å²) >= 11 is 1.76. The molecule has 0 bridgehead atoms. The van der Waals surface area contributed by atoms with E-state index in [4.69, 9.17) is 9.47 Å². The molecule has 0 saturated carbocycles. The summed E-state index contributed by atoms with van der Waals surface area (Å²) in [4.78, 5) is 2.25. The van der Waals surface area contributed by atoms with E-state index < -0.39 is 0 Å². The van der Waals surface area contributed by atoms with Crippen molar-refractivity contribution in [3.8, 4) is 28.7 Å². The van der Waals surface area contributed by atoms with Gasteiger partial charge in [0.15, 0.2) is 5.75 Å². The fourth-order valence-electron chi connectivity index (χ4n) is 6.39. The second kappa shape index (κ2) is 8.82. The highest BCUT2D eigenvalue weighted by Gasteiger charge is 2.33. The monoisotopic (exact) mass is 543 g/mol. The molecule has 0 amide bonds. The van der Waals surface area contributed by atoms with Gasteiger partial charge in [0.2, 0.25) is 0 Å². The molecule has 1 aromatic heterocycles. The second-order valence-corrected chi connectivity index (χ2v) is 11.6. The molecule has 0 radical (unpaired) electrons. The molecule has 3 heterocycles. The van der Waals surface area contributed by atoms with Gasteiger partial charge in [0.1, 0.15) is 17.2 Å². The molecule has 0 saturated heterocycles. The summed E-state index contributed by atoms with van der Waals surface area (Å²) in [6, 6.07) is 47.0. The zero-order chi connectivity index (χ0) is 26.9. The van der Waals surface area contributed by atoms with Crippen LogP contribution < -0.4 is 25.9 Å². The Labute approximate surface area is 242 Å². The zero-order valence-corrected chi connectivity index (χ0v) is 22.8. The molecule has 3 nitrogen and oxygen atoms in total. The van der Waals surface area contributed by atoms with Crippen molar-refractivity contribution in [3.63, 3.8) is 0 Å². The van der Waals surface area contributed by atoms with Crippen molar-refractivity contribution < 1.29 is 9.47 Å². The highest BCUT2D eigenvalue weighted by Crippen LogP contribution is 2.51. The Balaban J connectivity index is 1.29. The van der Waals surface area contributed by atoms with Gasteiger partial charge in [-0.25, -0.2) is 0 Å². The van der Waals surface area contributed by atoms with Crippen molar-refractivity contribution in [3.05, 3.63) is 133 Å². The molecule has 0 N–H and O–H groups in total. The number of nitrogens with zero attached hydrogens (tertiary/aromatic N) is 1. The van der Waals surface area contributed by atoms with Gasteiger partial charge < -0.3 is 14.0 Å². The smallest absolute Gasteiger partial charge is 0.250 e. The fourth-order valence-corrected chi connectivity index (χ4v) is 7.36. The van der Waals surface area contributed by atoms with E-state index in [0.717, 1.165) is 49.5 Å². The van der Waals surface area contributed by atoms with Crippen molar-refractivity contribution in [2.45, 2.75) is 9.79 Å². The third kappa shape index (κ3) is 3.42. The van der Waals surface area contributed by atoms with Gasteiger partial charge in [0, 0.05) is 22.5 Å². The van der Waals surface area contributed by atoms with Crippen LogP contribution in [0.5, 0.6) is 23.0 Å². The first-order valence-electron chi connectivity index (χ1n) is 13.8. The van der Waals surface area contributed by atoms with E-state index in [-0.39, 0.29) is 6.71 Å². The Morgan fingerprint density at radius 3 is 2.22 bits per heavy atom. The van der Waals surface area contributed by atoms with Gasteiger partial charge in [0.25, 0.3) is 6.71 Å². The first kappa shape index (κ1) is 22.9. The zero-order valence-electron chi connectivity index (χ0n) is 22.0. The lowest BCUT2D eigenvalue weighted by Gasteiger charge is -2.27. The molecule has 2 aliphatic rings. The lowest BCUT2D eigenvalue weighted by Crippen LogP contribution is -2.54. The number of rotatable bonds is 2. The first-order valence-corrected chi connectivity index (χ1v) is 14.6. The summed E-state index contributed by atoms with van der Waals surface area (Å²) in [7, 11) is 0. The van der Waals surface area contributed by atoms with Gasteiger partial charge in [-0.15, -0.1) is 0 Å². The van der Waals surface area contributed by atoms with Crippen LogP contribution >= 0.6 is 11.8 Å². The number of hydrogen-bond donors (Lipinski definition) is 0. The molecule has 0 atom stereocenters. The van der Waals surface area contributed by atoms with Gasteiger partial charge in [-0.2, -0.15) is 0 Å². The van der Waals surface area contributed by atoms with Crippen LogP contribution in [0.1, 0.15) is 0 Å². The van der Waals surface area contributed by atoms with Crippen molar-refractivity contribution >= 4 is 56.7 Å². The average Bonchev–Trinajstić information content (AvgIpc) is 3.38. The number of benzene rings is 6. The second-order valence-electron chi connectivity index (χ2n) is 10.5. The van der Waals surface area contributed by atoms with Crippen LogP contribution in [-0.2, 0) is 0 Å². The van der Waals surface area contributed by atoms with E-state index >= 15 is 0 Å². The van der Waals surface area contributed by atoms with Gasteiger partial charge >= 0.3 is 0 Å². The van der Waals surface area contributed by atoms with Crippen molar-refractivity contribution in [2.24, 2.45) is 0 Å². The molecule has 0 fully saturated rings. The number of aromatic nitrogens is 1. The van der Waals surface area contributed by atoms with Crippen LogP contribution in [0, 0.1) is 0 Å². The minimum atomic E-state index is 0.104. The largest absolute Gasteiger partial charge is 0.458 e. The maximum atomic E-state index is 6.64. The molecule has 0 spiro atoms. The van der Waals surface area contributed by atoms with E-state index in [1.54, 1.807) is 11.8 Å². The van der Waals surface area contributed by atoms with Crippen molar-refractivity contribution in [2.75, 3.05) is 0 Å². The average molecular weight is 543 g/mol. The van der Waals surface area contributed by atoms with Crippen LogP contribution in [0.4, 0.5) is 0 Å². The van der Waals surface area contributed by atoms with Crippen molar-refractivity contribution in [1.82, 2.24) is 4.57 Å². The van der Waals surface area contributed by atoms with E-state index in [2.05, 4.69) is 120 Å². The normalized spacial score (nSPS) is 13.1. The maximum absolute atomic E-state index is 6.64. The van der Waals surface area contributed by atoms with Crippen molar-refractivity contribution in [1.29, 1.82) is 0 Å². The van der Waals surface area contributed by atoms with Crippen LogP contribution in [-0.4, -0.2) is 11.3 Å². The number of para-hydroxylation sites is 3. The Kier molecular flexibility index (Phi) is 4.93. The molecule has 2 aliphatic heterocycles. The highest BCUT2D eigenvalue weighted by atomic mass is 32.2. The summed E-state index contributed by atoms with van der Waals surface area (Å²) in [5, 5.41) is 2.37. The Bertz CT molecular complexity index is 2150. The van der Waals surface area contributed by atoms with E-state index in [9.17, 15) is 0 Å². The minimum Gasteiger partial charge on any atom is -0.458 e. The summed E-state index contributed by atoms with van der Waals surface area (Å²) in [6.07, 6.45) is 0. The lowest BCUT2D eigenvalue weighted by atomic mass is 9.36. The Morgan fingerprint density at radius 1 is 0.537 bits per heavy atom. The van der Waals surface area contributed by atoms with Crippen LogP contribution in [0.2, 0.25) is 0 Å².